The maximum absolute atomic E-state index is 12.3. The molecule has 3 atom stereocenters. The largest absolute Gasteiger partial charge is 0.469 e. The summed E-state index contributed by atoms with van der Waals surface area (Å²) in [5.74, 6) is -0.184. The third-order valence-corrected chi connectivity index (χ3v) is 7.40. The Balaban J connectivity index is 2.17. The molecule has 2 aliphatic carbocycles. The highest BCUT2D eigenvalue weighted by atomic mass is 32.2. The summed E-state index contributed by atoms with van der Waals surface area (Å²) in [5, 5.41) is 0. The zero-order chi connectivity index (χ0) is 19.3. The van der Waals surface area contributed by atoms with Crippen LogP contribution in [-0.2, 0) is 31.5 Å². The van der Waals surface area contributed by atoms with Gasteiger partial charge in [-0.3, -0.25) is 9.35 Å². The Morgan fingerprint density at radius 1 is 1.31 bits per heavy atom. The van der Waals surface area contributed by atoms with Gasteiger partial charge in [-0.15, -0.1) is 0 Å². The Kier molecular flexibility index (Phi) is 4.95. The number of aryl methyl sites for hydroxylation is 1. The summed E-state index contributed by atoms with van der Waals surface area (Å²) < 4.78 is 38.8. The van der Waals surface area contributed by atoms with Gasteiger partial charge in [-0.05, 0) is 65.7 Å². The van der Waals surface area contributed by atoms with Gasteiger partial charge in [-0.2, -0.15) is 8.42 Å². The quantitative estimate of drug-likeness (QED) is 0.636. The van der Waals surface area contributed by atoms with Gasteiger partial charge < -0.3 is 4.74 Å². The molecule has 1 fully saturated rings. The van der Waals surface area contributed by atoms with Crippen molar-refractivity contribution >= 4 is 16.1 Å². The molecule has 144 valence electrons. The van der Waals surface area contributed by atoms with E-state index >= 15 is 0 Å². The third kappa shape index (κ3) is 3.07. The molecule has 1 aromatic rings. The van der Waals surface area contributed by atoms with Crippen molar-refractivity contribution in [3.8, 4) is 0 Å². The minimum Gasteiger partial charge on any atom is -0.469 e. The van der Waals surface area contributed by atoms with Crippen LogP contribution in [0.25, 0.3) is 0 Å². The fourth-order valence-electron chi connectivity index (χ4n) is 5.18. The van der Waals surface area contributed by atoms with Gasteiger partial charge in [-0.1, -0.05) is 33.3 Å². The van der Waals surface area contributed by atoms with Crippen molar-refractivity contribution in [3.63, 3.8) is 0 Å². The number of esters is 1. The average Bonchev–Trinajstić information content (AvgIpc) is 2.58. The van der Waals surface area contributed by atoms with Gasteiger partial charge >= 0.3 is 5.97 Å². The molecule has 1 saturated carbocycles. The maximum atomic E-state index is 12.3. The van der Waals surface area contributed by atoms with Gasteiger partial charge in [-0.25, -0.2) is 0 Å². The molecule has 0 amide bonds. The van der Waals surface area contributed by atoms with E-state index in [0.717, 1.165) is 43.2 Å². The second kappa shape index (κ2) is 6.64. The Morgan fingerprint density at radius 3 is 2.58 bits per heavy atom. The highest BCUT2D eigenvalue weighted by molar-refractivity contribution is 7.85. The summed E-state index contributed by atoms with van der Waals surface area (Å²) in [4.78, 5) is 12.3. The number of methoxy groups -OCH3 is 1. The molecule has 5 nitrogen and oxygen atoms in total. The first-order chi connectivity index (χ1) is 12.1. The molecule has 0 aromatic heterocycles. The van der Waals surface area contributed by atoms with Gasteiger partial charge in [0.05, 0.1) is 17.9 Å². The number of benzene rings is 1. The lowest BCUT2D eigenvalue weighted by molar-refractivity contribution is -0.150. The number of rotatable bonds is 3. The first-order valence-corrected chi connectivity index (χ1v) is 10.8. The van der Waals surface area contributed by atoms with Crippen LogP contribution in [0.4, 0.5) is 0 Å². The summed E-state index contributed by atoms with van der Waals surface area (Å²) in [5.41, 5.74) is 2.50. The summed E-state index contributed by atoms with van der Waals surface area (Å²) in [7, 11) is -2.88. The molecule has 0 heterocycles. The number of hydrogen-bond acceptors (Lipinski definition) is 4. The first-order valence-electron chi connectivity index (χ1n) is 9.32. The molecule has 0 spiro atoms. The highest BCUT2D eigenvalue weighted by Gasteiger charge is 2.49. The molecule has 1 N–H and O–H groups in total. The predicted octanol–water partition coefficient (Wildman–Crippen LogP) is 3.85. The van der Waals surface area contributed by atoms with Crippen molar-refractivity contribution in [2.24, 2.45) is 11.8 Å². The molecule has 0 saturated heterocycles. The van der Waals surface area contributed by atoms with E-state index in [9.17, 15) is 17.8 Å². The van der Waals surface area contributed by atoms with E-state index in [0.29, 0.717) is 5.56 Å². The zero-order valence-electron chi connectivity index (χ0n) is 15.9. The predicted molar refractivity (Wildman–Crippen MR) is 98.9 cm³/mol. The lowest BCUT2D eigenvalue weighted by Crippen LogP contribution is -2.46. The van der Waals surface area contributed by atoms with Crippen LogP contribution in [0, 0.1) is 11.8 Å². The average molecular weight is 381 g/mol. The normalized spacial score (nSPS) is 28.4. The number of carbonyl (C=O) groups excluding carboxylic acids is 1. The third-order valence-electron chi connectivity index (χ3n) is 6.49. The van der Waals surface area contributed by atoms with Crippen LogP contribution in [0.5, 0.6) is 0 Å². The van der Waals surface area contributed by atoms with E-state index in [1.54, 1.807) is 6.07 Å². The molecule has 3 rings (SSSR count). The minimum absolute atomic E-state index is 0.00284. The SMILES string of the molecule is COC(=O)[C@@H]1CCC[C@@]2(C)c3cc(S(=O)(=O)O)c(C(C)C)cc3CC[C@H]12. The smallest absolute Gasteiger partial charge is 0.308 e. The molecule has 2 aliphatic rings. The van der Waals surface area contributed by atoms with Crippen molar-refractivity contribution in [2.45, 2.75) is 69.1 Å². The number of carbonyl (C=O) groups is 1. The van der Waals surface area contributed by atoms with Crippen LogP contribution in [0.1, 0.15) is 69.1 Å². The highest BCUT2D eigenvalue weighted by Crippen LogP contribution is 2.53. The zero-order valence-corrected chi connectivity index (χ0v) is 16.7. The molecule has 6 heteroatoms. The van der Waals surface area contributed by atoms with E-state index < -0.39 is 10.1 Å². The first kappa shape index (κ1) is 19.4. The molecule has 0 aliphatic heterocycles. The molecule has 1 aromatic carbocycles. The molecule has 0 bridgehead atoms. The van der Waals surface area contributed by atoms with Crippen molar-refractivity contribution in [2.75, 3.05) is 7.11 Å². The second-order valence-electron chi connectivity index (χ2n) is 8.26. The van der Waals surface area contributed by atoms with E-state index in [-0.39, 0.29) is 34.0 Å². The van der Waals surface area contributed by atoms with Crippen molar-refractivity contribution in [3.05, 3.63) is 28.8 Å². The monoisotopic (exact) mass is 380 g/mol. The van der Waals surface area contributed by atoms with Crippen LogP contribution >= 0.6 is 0 Å². The fourth-order valence-corrected chi connectivity index (χ4v) is 6.03. The molecular formula is C20H28O5S. The fraction of sp³-hybridized carbons (Fsp3) is 0.650. The van der Waals surface area contributed by atoms with Gasteiger partial charge in [0, 0.05) is 0 Å². The van der Waals surface area contributed by atoms with Gasteiger partial charge in [0.15, 0.2) is 0 Å². The van der Waals surface area contributed by atoms with Crippen molar-refractivity contribution < 1.29 is 22.5 Å². The molecule has 0 radical (unpaired) electrons. The van der Waals surface area contributed by atoms with Gasteiger partial charge in [0.25, 0.3) is 10.1 Å². The van der Waals surface area contributed by atoms with Crippen LogP contribution in [0.15, 0.2) is 17.0 Å². The van der Waals surface area contributed by atoms with Gasteiger partial charge in [0.2, 0.25) is 0 Å². The number of hydrogen-bond donors (Lipinski definition) is 1. The Bertz CT molecular complexity index is 827. The topological polar surface area (TPSA) is 80.7 Å². The number of fused-ring (bicyclic) bond motifs is 3. The molecular weight excluding hydrogens is 352 g/mol. The van der Waals surface area contributed by atoms with E-state index in [2.05, 4.69) is 6.92 Å². The standard InChI is InChI=1S/C20H28O5S/c1-12(2)15-10-13-7-8-16-14(19(21)25-4)6-5-9-20(16,3)17(13)11-18(15)26(22,23)24/h10-12,14,16H,5-9H2,1-4H3,(H,22,23,24)/t14-,16-,20-/m1/s1. The number of ether oxygens (including phenoxy) is 1. The lowest BCUT2D eigenvalue weighted by atomic mass is 9.54. The van der Waals surface area contributed by atoms with Crippen LogP contribution in [0.3, 0.4) is 0 Å². The minimum atomic E-state index is -4.30. The van der Waals surface area contributed by atoms with Gasteiger partial charge in [0.1, 0.15) is 0 Å². The van der Waals surface area contributed by atoms with E-state index in [1.165, 1.54) is 7.11 Å². The van der Waals surface area contributed by atoms with Crippen molar-refractivity contribution in [1.82, 2.24) is 0 Å². The van der Waals surface area contributed by atoms with E-state index in [4.69, 9.17) is 4.74 Å². The summed E-state index contributed by atoms with van der Waals surface area (Å²) in [6.45, 7) is 5.99. The molecule has 0 unspecified atom stereocenters. The maximum Gasteiger partial charge on any atom is 0.308 e. The van der Waals surface area contributed by atoms with Crippen LogP contribution < -0.4 is 0 Å². The van der Waals surface area contributed by atoms with Crippen LogP contribution in [-0.4, -0.2) is 26.0 Å². The molecule has 26 heavy (non-hydrogen) atoms. The Morgan fingerprint density at radius 2 is 2.00 bits per heavy atom. The van der Waals surface area contributed by atoms with Crippen molar-refractivity contribution in [1.29, 1.82) is 0 Å². The summed E-state index contributed by atoms with van der Waals surface area (Å²) >= 11 is 0. The summed E-state index contributed by atoms with van der Waals surface area (Å²) in [6.07, 6.45) is 4.33. The summed E-state index contributed by atoms with van der Waals surface area (Å²) in [6, 6.07) is 3.62. The Hall–Kier alpha value is -1.40. The lowest BCUT2D eigenvalue weighted by Gasteiger charge is -2.49. The Labute approximate surface area is 155 Å². The van der Waals surface area contributed by atoms with E-state index in [1.807, 2.05) is 19.9 Å². The second-order valence-corrected chi connectivity index (χ2v) is 9.65. The van der Waals surface area contributed by atoms with Crippen LogP contribution in [0.2, 0.25) is 0 Å².